The Morgan fingerprint density at radius 2 is 1.52 bits per heavy atom. The first-order chi connectivity index (χ1) is 19.5. The Labute approximate surface area is 253 Å². The van der Waals surface area contributed by atoms with Crippen molar-refractivity contribution in [3.8, 4) is 0 Å². The molecule has 0 saturated heterocycles. The summed E-state index contributed by atoms with van der Waals surface area (Å²) in [6.45, 7) is 21.2. The molecular weight excluding hydrogens is 528 g/mol. The second-order valence-electron chi connectivity index (χ2n) is 16.6. The number of rotatable bonds is 7. The molecule has 236 valence electrons. The summed E-state index contributed by atoms with van der Waals surface area (Å²) in [7, 11) is 0. The molecule has 0 radical (unpaired) electrons. The minimum atomic E-state index is -0.961. The first-order valence-corrected chi connectivity index (χ1v) is 16.7. The summed E-state index contributed by atoms with van der Waals surface area (Å²) in [6, 6.07) is 0. The van der Waals surface area contributed by atoms with Crippen molar-refractivity contribution in [3.05, 3.63) is 12.2 Å². The Kier molecular flexibility index (Phi) is 8.00. The highest BCUT2D eigenvalue weighted by molar-refractivity contribution is 5.76. The minimum Gasteiger partial charge on any atom is -0.481 e. The van der Waals surface area contributed by atoms with E-state index >= 15 is 0 Å². The number of hydrogen-bond acceptors (Lipinski definition) is 5. The van der Waals surface area contributed by atoms with Gasteiger partial charge in [-0.05, 0) is 117 Å². The summed E-state index contributed by atoms with van der Waals surface area (Å²) < 4.78 is 11.8. The van der Waals surface area contributed by atoms with E-state index in [-0.39, 0.29) is 58.0 Å². The molecule has 0 spiro atoms. The van der Waals surface area contributed by atoms with Gasteiger partial charge in [0.05, 0.1) is 19.4 Å². The van der Waals surface area contributed by atoms with Crippen molar-refractivity contribution in [2.24, 2.45) is 56.7 Å². The van der Waals surface area contributed by atoms with E-state index in [9.17, 15) is 14.4 Å². The highest BCUT2D eigenvalue weighted by Crippen LogP contribution is 2.77. The highest BCUT2D eigenvalue weighted by Gasteiger charge is 2.71. The summed E-state index contributed by atoms with van der Waals surface area (Å²) in [5.41, 5.74) is 1.83. The maximum atomic E-state index is 12.6. The number of carboxylic acid groups (broad SMARTS) is 1. The zero-order valence-corrected chi connectivity index (χ0v) is 27.4. The molecule has 1 N–H and O–H groups in total. The average molecular weight is 585 g/mol. The molecule has 5 fully saturated rings. The van der Waals surface area contributed by atoms with Crippen molar-refractivity contribution < 1.29 is 29.0 Å². The molecule has 5 aliphatic rings. The van der Waals surface area contributed by atoms with Crippen LogP contribution in [0.25, 0.3) is 0 Å². The van der Waals surface area contributed by atoms with Crippen molar-refractivity contribution >= 4 is 17.9 Å². The van der Waals surface area contributed by atoms with E-state index in [0.29, 0.717) is 36.2 Å². The molecule has 0 amide bonds. The molecule has 0 heterocycles. The predicted octanol–water partition coefficient (Wildman–Crippen LogP) is 7.98. The summed E-state index contributed by atoms with van der Waals surface area (Å²) in [5, 5.41) is 9.02. The average Bonchev–Trinajstić information content (AvgIpc) is 3.29. The number of hydrogen-bond donors (Lipinski definition) is 1. The summed E-state index contributed by atoms with van der Waals surface area (Å²) in [5.74, 6) is 1.19. The van der Waals surface area contributed by atoms with Gasteiger partial charge in [0, 0.05) is 17.8 Å². The lowest BCUT2D eigenvalue weighted by Gasteiger charge is -2.73. The van der Waals surface area contributed by atoms with Gasteiger partial charge >= 0.3 is 17.9 Å². The molecule has 0 bridgehead atoms. The molecule has 5 rings (SSSR count). The van der Waals surface area contributed by atoms with Crippen molar-refractivity contribution in [1.29, 1.82) is 0 Å². The Morgan fingerprint density at radius 3 is 2.17 bits per heavy atom. The van der Waals surface area contributed by atoms with Crippen molar-refractivity contribution in [2.45, 2.75) is 132 Å². The fourth-order valence-electron chi connectivity index (χ4n) is 12.4. The topological polar surface area (TPSA) is 89.9 Å². The van der Waals surface area contributed by atoms with Crippen LogP contribution in [0.4, 0.5) is 0 Å². The van der Waals surface area contributed by atoms with Gasteiger partial charge in [-0.15, -0.1) is 0 Å². The molecule has 0 aromatic rings. The Hall–Kier alpha value is -1.85. The van der Waals surface area contributed by atoms with Crippen LogP contribution in [0.1, 0.15) is 126 Å². The van der Waals surface area contributed by atoms with Crippen LogP contribution in [-0.2, 0) is 23.9 Å². The van der Waals surface area contributed by atoms with Crippen molar-refractivity contribution in [1.82, 2.24) is 0 Å². The SMILES string of the molecule is C=C(C)[C@@H]1CC[C@]2(COC(C)=O)CC[C@]3(C)[C@@H](CC[C@@H]4[C@@]5(C)CC[C@H](OC(=O)CCC(=O)O)C(C)(C)[C@@H]5CC[C@]43C)[C@H]12. The van der Waals surface area contributed by atoms with Gasteiger partial charge in [0.2, 0.25) is 0 Å². The van der Waals surface area contributed by atoms with Gasteiger partial charge in [-0.25, -0.2) is 0 Å². The fraction of sp³-hybridized carbons (Fsp3) is 0.861. The Balaban J connectivity index is 1.42. The summed E-state index contributed by atoms with van der Waals surface area (Å²) in [4.78, 5) is 35.5. The van der Waals surface area contributed by atoms with Crippen LogP contribution in [0.2, 0.25) is 0 Å². The van der Waals surface area contributed by atoms with E-state index < -0.39 is 5.97 Å². The third-order valence-corrected chi connectivity index (χ3v) is 14.6. The summed E-state index contributed by atoms with van der Waals surface area (Å²) in [6.07, 6.45) is 10.9. The summed E-state index contributed by atoms with van der Waals surface area (Å²) >= 11 is 0. The number of ether oxygens (including phenoxy) is 2. The Morgan fingerprint density at radius 1 is 0.810 bits per heavy atom. The number of carboxylic acids is 1. The standard InChI is InChI=1S/C36H56O6/c1-22(2)24-13-18-36(21-41-23(3)37)20-19-34(7)25(31(24)36)9-10-27-33(6)16-15-28(42-30(40)12-11-29(38)39)32(4,5)26(33)14-17-35(27,34)8/h24-28,31H,1,9-21H2,2-8H3,(H,38,39)/t24-,25-,26-,27+,28-,31-,33-,34+,35+,36+/m0/s1. The van der Waals surface area contributed by atoms with Crippen LogP contribution in [0.15, 0.2) is 12.2 Å². The van der Waals surface area contributed by atoms with Crippen LogP contribution >= 0.6 is 0 Å². The molecular formula is C36H56O6. The van der Waals surface area contributed by atoms with Gasteiger partial charge in [0.15, 0.2) is 0 Å². The van der Waals surface area contributed by atoms with E-state index in [1.54, 1.807) is 6.92 Å². The smallest absolute Gasteiger partial charge is 0.306 e. The first kappa shape index (κ1) is 31.6. The number of aliphatic carboxylic acids is 1. The van der Waals surface area contributed by atoms with Crippen molar-refractivity contribution in [2.75, 3.05) is 6.61 Å². The van der Waals surface area contributed by atoms with Gasteiger partial charge in [0.1, 0.15) is 6.10 Å². The molecule has 0 aliphatic heterocycles. The van der Waals surface area contributed by atoms with Crippen LogP contribution in [-0.4, -0.2) is 35.7 Å². The van der Waals surface area contributed by atoms with Crippen LogP contribution in [0, 0.1) is 56.7 Å². The van der Waals surface area contributed by atoms with Gasteiger partial charge in [0.25, 0.3) is 0 Å². The lowest BCUT2D eigenvalue weighted by molar-refractivity contribution is -0.252. The third-order valence-electron chi connectivity index (χ3n) is 14.6. The molecule has 42 heavy (non-hydrogen) atoms. The highest BCUT2D eigenvalue weighted by atomic mass is 16.5. The van der Waals surface area contributed by atoms with E-state index in [0.717, 1.165) is 38.5 Å². The molecule has 5 aliphatic carbocycles. The quantitative estimate of drug-likeness (QED) is 0.241. The zero-order chi connectivity index (χ0) is 30.9. The largest absolute Gasteiger partial charge is 0.481 e. The maximum absolute atomic E-state index is 12.6. The van der Waals surface area contributed by atoms with E-state index in [4.69, 9.17) is 14.6 Å². The second-order valence-corrected chi connectivity index (χ2v) is 16.6. The van der Waals surface area contributed by atoms with E-state index in [1.165, 1.54) is 31.3 Å². The molecule has 0 aromatic carbocycles. The van der Waals surface area contributed by atoms with E-state index in [2.05, 4.69) is 48.1 Å². The normalized spacial score (nSPS) is 45.4. The van der Waals surface area contributed by atoms with Gasteiger partial charge in [-0.3, -0.25) is 14.4 Å². The van der Waals surface area contributed by atoms with Crippen molar-refractivity contribution in [3.63, 3.8) is 0 Å². The molecule has 0 unspecified atom stereocenters. The van der Waals surface area contributed by atoms with Crippen LogP contribution < -0.4 is 0 Å². The molecule has 6 heteroatoms. The number of esters is 2. The lowest BCUT2D eigenvalue weighted by Crippen LogP contribution is -2.67. The Bertz CT molecular complexity index is 1130. The molecule has 5 saturated carbocycles. The lowest BCUT2D eigenvalue weighted by atomic mass is 9.32. The number of carbonyl (C=O) groups excluding carboxylic acids is 2. The number of fused-ring (bicyclic) bond motifs is 7. The molecule has 6 nitrogen and oxygen atoms in total. The third kappa shape index (κ3) is 4.67. The maximum Gasteiger partial charge on any atom is 0.306 e. The zero-order valence-electron chi connectivity index (χ0n) is 27.4. The van der Waals surface area contributed by atoms with Crippen LogP contribution in [0.3, 0.4) is 0 Å². The monoisotopic (exact) mass is 584 g/mol. The van der Waals surface area contributed by atoms with Crippen LogP contribution in [0.5, 0.6) is 0 Å². The molecule has 0 aromatic heterocycles. The minimum absolute atomic E-state index is 0.0599. The molecule has 10 atom stereocenters. The van der Waals surface area contributed by atoms with Gasteiger partial charge < -0.3 is 14.6 Å². The predicted molar refractivity (Wildman–Crippen MR) is 162 cm³/mol. The van der Waals surface area contributed by atoms with E-state index in [1.807, 2.05) is 0 Å². The number of carbonyl (C=O) groups is 3. The second kappa shape index (κ2) is 10.6. The first-order valence-electron chi connectivity index (χ1n) is 16.7. The van der Waals surface area contributed by atoms with Gasteiger partial charge in [-0.2, -0.15) is 0 Å². The van der Waals surface area contributed by atoms with Gasteiger partial charge in [-0.1, -0.05) is 46.8 Å². The number of allylic oxidation sites excluding steroid dienone is 1. The fourth-order valence-corrected chi connectivity index (χ4v) is 12.4.